The molecule has 0 atom stereocenters. The third-order valence-corrected chi connectivity index (χ3v) is 1.82. The number of anilines is 1. The van der Waals surface area contributed by atoms with E-state index in [9.17, 15) is 4.79 Å². The van der Waals surface area contributed by atoms with Crippen LogP contribution in [0.2, 0.25) is 0 Å². The predicted octanol–water partition coefficient (Wildman–Crippen LogP) is -1.26. The van der Waals surface area contributed by atoms with Crippen molar-refractivity contribution in [1.29, 1.82) is 0 Å². The maximum Gasteiger partial charge on any atom is 0.490 e. The second-order valence-corrected chi connectivity index (χ2v) is 2.67. The topological polar surface area (TPSA) is 92.8 Å². The van der Waals surface area contributed by atoms with E-state index in [-0.39, 0.29) is 16.7 Å². The highest BCUT2D eigenvalue weighted by atomic mass is 16.5. The lowest BCUT2D eigenvalue weighted by Gasteiger charge is -2.08. The summed E-state index contributed by atoms with van der Waals surface area (Å²) >= 11 is 0. The SMILES string of the molecule is COC(=O)c1cccc(B(O)O)c1N. The first-order valence-electron chi connectivity index (χ1n) is 3.90. The summed E-state index contributed by atoms with van der Waals surface area (Å²) in [7, 11) is -0.469. The van der Waals surface area contributed by atoms with Gasteiger partial charge in [-0.3, -0.25) is 0 Å². The van der Waals surface area contributed by atoms with Crippen molar-refractivity contribution in [3.8, 4) is 0 Å². The Morgan fingerprint density at radius 2 is 2.14 bits per heavy atom. The molecule has 74 valence electrons. The maximum absolute atomic E-state index is 11.1. The van der Waals surface area contributed by atoms with E-state index in [1.54, 1.807) is 0 Å². The Labute approximate surface area is 81.3 Å². The van der Waals surface area contributed by atoms with E-state index < -0.39 is 13.1 Å². The standard InChI is InChI=1S/C8H10BNO4/c1-14-8(11)5-3-2-4-6(7(5)10)9(12)13/h2-4,12-13H,10H2,1H3. The van der Waals surface area contributed by atoms with Gasteiger partial charge in [0.15, 0.2) is 0 Å². The second kappa shape index (κ2) is 4.12. The summed E-state index contributed by atoms with van der Waals surface area (Å²) in [5, 5.41) is 17.8. The monoisotopic (exact) mass is 195 g/mol. The first-order valence-corrected chi connectivity index (χ1v) is 3.90. The van der Waals surface area contributed by atoms with Crippen LogP contribution in [0.4, 0.5) is 5.69 Å². The minimum atomic E-state index is -1.69. The van der Waals surface area contributed by atoms with Crippen molar-refractivity contribution in [3.05, 3.63) is 23.8 Å². The summed E-state index contributed by atoms with van der Waals surface area (Å²) in [5.41, 5.74) is 5.78. The van der Waals surface area contributed by atoms with E-state index in [2.05, 4.69) is 4.74 Å². The van der Waals surface area contributed by atoms with Gasteiger partial charge in [-0.15, -0.1) is 0 Å². The van der Waals surface area contributed by atoms with E-state index in [4.69, 9.17) is 15.8 Å². The molecule has 0 aliphatic rings. The molecule has 0 bridgehead atoms. The third-order valence-electron chi connectivity index (χ3n) is 1.82. The van der Waals surface area contributed by atoms with Crippen LogP contribution in [0.1, 0.15) is 10.4 Å². The van der Waals surface area contributed by atoms with E-state index >= 15 is 0 Å². The lowest BCUT2D eigenvalue weighted by molar-refractivity contribution is 0.0602. The summed E-state index contributed by atoms with van der Waals surface area (Å²) in [4.78, 5) is 11.1. The van der Waals surface area contributed by atoms with E-state index in [1.165, 1.54) is 25.3 Å². The van der Waals surface area contributed by atoms with Crippen molar-refractivity contribution in [2.45, 2.75) is 0 Å². The highest BCUT2D eigenvalue weighted by Crippen LogP contribution is 2.09. The molecule has 4 N–H and O–H groups in total. The average Bonchev–Trinajstić information content (AvgIpc) is 2.16. The fourth-order valence-corrected chi connectivity index (χ4v) is 1.10. The van der Waals surface area contributed by atoms with E-state index in [1.807, 2.05) is 0 Å². The van der Waals surface area contributed by atoms with Gasteiger partial charge < -0.3 is 20.5 Å². The summed E-state index contributed by atoms with van der Waals surface area (Å²) < 4.78 is 4.47. The van der Waals surface area contributed by atoms with Gasteiger partial charge in [0, 0.05) is 11.2 Å². The lowest BCUT2D eigenvalue weighted by Crippen LogP contribution is -2.33. The number of carbonyl (C=O) groups excluding carboxylic acids is 1. The number of para-hydroxylation sites is 1. The minimum absolute atomic E-state index is 0.0225. The van der Waals surface area contributed by atoms with Gasteiger partial charge in [-0.1, -0.05) is 12.1 Å². The molecule has 1 rings (SSSR count). The maximum atomic E-state index is 11.1. The van der Waals surface area contributed by atoms with Crippen molar-refractivity contribution in [2.75, 3.05) is 12.8 Å². The Balaban J connectivity index is 3.20. The summed E-state index contributed by atoms with van der Waals surface area (Å²) in [6.45, 7) is 0. The van der Waals surface area contributed by atoms with Gasteiger partial charge in [-0.2, -0.15) is 0 Å². The summed E-state index contributed by atoms with van der Waals surface area (Å²) in [5.74, 6) is -0.606. The van der Waals surface area contributed by atoms with Crippen LogP contribution in [0, 0.1) is 0 Å². The predicted molar refractivity (Wildman–Crippen MR) is 52.0 cm³/mol. The molecule has 1 aromatic carbocycles. The number of carbonyl (C=O) groups is 1. The Kier molecular flexibility index (Phi) is 3.11. The van der Waals surface area contributed by atoms with E-state index in [0.29, 0.717) is 0 Å². The molecule has 14 heavy (non-hydrogen) atoms. The molecule has 0 heterocycles. The fraction of sp³-hybridized carbons (Fsp3) is 0.125. The molecule has 6 heteroatoms. The van der Waals surface area contributed by atoms with Crippen LogP contribution in [-0.4, -0.2) is 30.2 Å². The molecule has 0 saturated carbocycles. The molecular formula is C8H10BNO4. The Bertz CT molecular complexity index is 353. The number of nitrogens with two attached hydrogens (primary N) is 1. The largest absolute Gasteiger partial charge is 0.490 e. The van der Waals surface area contributed by atoms with Gasteiger partial charge in [0.05, 0.1) is 12.7 Å². The average molecular weight is 195 g/mol. The first-order chi connectivity index (χ1) is 6.57. The molecular weight excluding hydrogens is 185 g/mol. The molecule has 0 unspecified atom stereocenters. The lowest BCUT2D eigenvalue weighted by atomic mass is 9.78. The van der Waals surface area contributed by atoms with Crippen molar-refractivity contribution < 1.29 is 19.6 Å². The molecule has 0 aromatic heterocycles. The highest BCUT2D eigenvalue weighted by molar-refractivity contribution is 6.60. The molecule has 0 aliphatic heterocycles. The van der Waals surface area contributed by atoms with Crippen LogP contribution in [0.25, 0.3) is 0 Å². The van der Waals surface area contributed by atoms with Crippen LogP contribution < -0.4 is 11.2 Å². The third kappa shape index (κ3) is 1.86. The van der Waals surface area contributed by atoms with E-state index in [0.717, 1.165) is 0 Å². The van der Waals surface area contributed by atoms with Crippen LogP contribution in [0.5, 0.6) is 0 Å². The number of methoxy groups -OCH3 is 1. The smallest absolute Gasteiger partial charge is 0.465 e. The molecule has 0 aliphatic carbocycles. The van der Waals surface area contributed by atoms with Crippen LogP contribution >= 0.6 is 0 Å². The summed E-state index contributed by atoms with van der Waals surface area (Å²) in [6, 6.07) is 4.37. The first kappa shape index (κ1) is 10.6. The quantitative estimate of drug-likeness (QED) is 0.311. The van der Waals surface area contributed by atoms with Crippen molar-refractivity contribution in [3.63, 3.8) is 0 Å². The van der Waals surface area contributed by atoms with Crippen LogP contribution in [-0.2, 0) is 4.74 Å². The number of hydrogen-bond acceptors (Lipinski definition) is 5. The van der Waals surface area contributed by atoms with Gasteiger partial charge in [-0.25, -0.2) is 4.79 Å². The molecule has 1 aromatic rings. The zero-order chi connectivity index (χ0) is 10.7. The van der Waals surface area contributed by atoms with Crippen LogP contribution in [0.3, 0.4) is 0 Å². The zero-order valence-corrected chi connectivity index (χ0v) is 7.60. The minimum Gasteiger partial charge on any atom is -0.465 e. The molecule has 0 fully saturated rings. The second-order valence-electron chi connectivity index (χ2n) is 2.67. The number of benzene rings is 1. The van der Waals surface area contributed by atoms with Gasteiger partial charge in [0.1, 0.15) is 0 Å². The molecule has 0 amide bonds. The Morgan fingerprint density at radius 1 is 1.50 bits per heavy atom. The van der Waals surface area contributed by atoms with Crippen molar-refractivity contribution >= 4 is 24.2 Å². The molecule has 5 nitrogen and oxygen atoms in total. The zero-order valence-electron chi connectivity index (χ0n) is 7.60. The van der Waals surface area contributed by atoms with Gasteiger partial charge >= 0.3 is 13.1 Å². The van der Waals surface area contributed by atoms with Gasteiger partial charge in [0.2, 0.25) is 0 Å². The number of rotatable bonds is 2. The van der Waals surface area contributed by atoms with Gasteiger partial charge in [-0.05, 0) is 6.07 Å². The highest BCUT2D eigenvalue weighted by Gasteiger charge is 2.19. The molecule has 0 spiro atoms. The van der Waals surface area contributed by atoms with Gasteiger partial charge in [0.25, 0.3) is 0 Å². The fourth-order valence-electron chi connectivity index (χ4n) is 1.10. The molecule has 0 saturated heterocycles. The van der Waals surface area contributed by atoms with Crippen LogP contribution in [0.15, 0.2) is 18.2 Å². The summed E-state index contributed by atoms with van der Waals surface area (Å²) in [6.07, 6.45) is 0. The number of nitrogen functional groups attached to an aromatic ring is 1. The number of esters is 1. The Morgan fingerprint density at radius 3 is 2.64 bits per heavy atom. The molecule has 0 radical (unpaired) electrons. The number of hydrogen-bond donors (Lipinski definition) is 3. The number of ether oxygens (including phenoxy) is 1. The van der Waals surface area contributed by atoms with Crippen molar-refractivity contribution in [1.82, 2.24) is 0 Å². The Hall–Kier alpha value is -1.53. The van der Waals surface area contributed by atoms with Crippen molar-refractivity contribution in [2.24, 2.45) is 0 Å². The normalized spacial score (nSPS) is 9.64.